The SMILES string of the molecule is c1ccc(C2OP(c3ccccc3)(c3ccccc3)(c3ccccc3)c3ccccc32)cc1. The van der Waals surface area contributed by atoms with E-state index in [1.54, 1.807) is 0 Å². The van der Waals surface area contributed by atoms with E-state index < -0.39 is 6.83 Å². The summed E-state index contributed by atoms with van der Waals surface area (Å²) in [5, 5.41) is 4.98. The number of rotatable bonds is 4. The molecule has 0 amide bonds. The van der Waals surface area contributed by atoms with Gasteiger partial charge in [0.25, 0.3) is 0 Å². The molecule has 0 saturated heterocycles. The van der Waals surface area contributed by atoms with E-state index in [2.05, 4.69) is 146 Å². The molecule has 1 nitrogen and oxygen atoms in total. The van der Waals surface area contributed by atoms with Gasteiger partial charge in [0, 0.05) is 0 Å². The first kappa shape index (κ1) is 20.1. The van der Waals surface area contributed by atoms with E-state index in [0.717, 1.165) is 0 Å². The molecule has 0 N–H and O–H groups in total. The fourth-order valence-corrected chi connectivity index (χ4v) is 11.6. The normalized spacial score (nSPS) is 19.2. The zero-order valence-electron chi connectivity index (χ0n) is 18.3. The van der Waals surface area contributed by atoms with Crippen molar-refractivity contribution in [3.05, 3.63) is 157 Å². The minimum absolute atomic E-state index is 0.152. The van der Waals surface area contributed by atoms with Gasteiger partial charge in [-0.25, -0.2) is 0 Å². The van der Waals surface area contributed by atoms with Crippen LogP contribution in [-0.4, -0.2) is 0 Å². The van der Waals surface area contributed by atoms with Crippen LogP contribution in [0.25, 0.3) is 0 Å². The second-order valence-electron chi connectivity index (χ2n) is 8.50. The fraction of sp³-hybridized carbons (Fsp3) is 0.0323. The van der Waals surface area contributed by atoms with E-state index in [-0.39, 0.29) is 6.10 Å². The maximum atomic E-state index is 7.68. The first-order valence-electron chi connectivity index (χ1n) is 11.4. The molecule has 6 rings (SSSR count). The van der Waals surface area contributed by atoms with Crippen molar-refractivity contribution in [3.63, 3.8) is 0 Å². The topological polar surface area (TPSA) is 9.23 Å². The van der Waals surface area contributed by atoms with E-state index >= 15 is 0 Å². The molecule has 0 fully saturated rings. The van der Waals surface area contributed by atoms with Gasteiger partial charge < -0.3 is 0 Å². The number of hydrogen-bond donors (Lipinski definition) is 0. The van der Waals surface area contributed by atoms with E-state index in [9.17, 15) is 0 Å². The molecule has 0 aliphatic carbocycles. The Labute approximate surface area is 195 Å². The van der Waals surface area contributed by atoms with Crippen LogP contribution in [0.4, 0.5) is 0 Å². The molecule has 5 aromatic rings. The average Bonchev–Trinajstić information content (AvgIpc) is 3.25. The van der Waals surface area contributed by atoms with E-state index in [4.69, 9.17) is 4.52 Å². The summed E-state index contributed by atoms with van der Waals surface area (Å²) in [6.45, 7) is -3.51. The van der Waals surface area contributed by atoms with Crippen molar-refractivity contribution in [2.75, 3.05) is 0 Å². The molecule has 2 heteroatoms. The zero-order valence-corrected chi connectivity index (χ0v) is 19.2. The quantitative estimate of drug-likeness (QED) is 0.315. The third kappa shape index (κ3) is 2.74. The Bertz CT molecular complexity index is 1280. The molecular weight excluding hydrogens is 419 g/mol. The van der Waals surface area contributed by atoms with Gasteiger partial charge in [0.1, 0.15) is 0 Å². The summed E-state index contributed by atoms with van der Waals surface area (Å²) in [5.41, 5.74) is 2.43. The van der Waals surface area contributed by atoms with Gasteiger partial charge in [-0.2, -0.15) is 0 Å². The second kappa shape index (κ2) is 7.81. The van der Waals surface area contributed by atoms with Gasteiger partial charge in [-0.3, -0.25) is 0 Å². The predicted molar refractivity (Wildman–Crippen MR) is 141 cm³/mol. The monoisotopic (exact) mass is 444 g/mol. The van der Waals surface area contributed by atoms with Crippen molar-refractivity contribution in [2.45, 2.75) is 6.10 Å². The first-order chi connectivity index (χ1) is 16.3. The summed E-state index contributed by atoms with van der Waals surface area (Å²) in [6, 6.07) is 52.0. The molecule has 1 atom stereocenters. The summed E-state index contributed by atoms with van der Waals surface area (Å²) >= 11 is 0. The molecular formula is C31H25OP. The first-order valence-corrected chi connectivity index (χ1v) is 13.5. The summed E-state index contributed by atoms with van der Waals surface area (Å²) in [4.78, 5) is 0. The van der Waals surface area contributed by atoms with Crippen molar-refractivity contribution in [1.29, 1.82) is 0 Å². The molecule has 0 radical (unpaired) electrons. The van der Waals surface area contributed by atoms with Crippen LogP contribution >= 0.6 is 6.83 Å². The Morgan fingerprint density at radius 1 is 0.424 bits per heavy atom. The van der Waals surface area contributed by atoms with Crippen LogP contribution in [0.5, 0.6) is 0 Å². The molecule has 1 unspecified atom stereocenters. The summed E-state index contributed by atoms with van der Waals surface area (Å²) < 4.78 is 7.68. The molecule has 0 spiro atoms. The molecule has 160 valence electrons. The molecule has 1 heterocycles. The third-order valence-electron chi connectivity index (χ3n) is 6.84. The maximum absolute atomic E-state index is 7.68. The molecule has 0 bridgehead atoms. The van der Waals surface area contributed by atoms with Gasteiger partial charge in [0.2, 0.25) is 0 Å². The van der Waals surface area contributed by atoms with Gasteiger partial charge in [-0.15, -0.1) is 0 Å². The van der Waals surface area contributed by atoms with Crippen LogP contribution in [0.2, 0.25) is 0 Å². The van der Waals surface area contributed by atoms with Crippen LogP contribution in [0, 0.1) is 0 Å². The Morgan fingerprint density at radius 3 is 1.30 bits per heavy atom. The van der Waals surface area contributed by atoms with Gasteiger partial charge in [-0.1, -0.05) is 0 Å². The standard InChI is InChI=1S/C31H25OP/c1-5-15-25(16-6-1)31-29-23-13-14-24-30(29)33(32-31,26-17-7-2-8-18-26,27-19-9-3-10-20-27)28-21-11-4-12-22-28/h1-24,31H. The van der Waals surface area contributed by atoms with Crippen molar-refractivity contribution in [2.24, 2.45) is 0 Å². The van der Waals surface area contributed by atoms with Crippen LogP contribution in [0.3, 0.4) is 0 Å². The van der Waals surface area contributed by atoms with Gasteiger partial charge in [0.05, 0.1) is 0 Å². The number of hydrogen-bond acceptors (Lipinski definition) is 1. The Balaban J connectivity index is 1.83. The third-order valence-corrected chi connectivity index (χ3v) is 12.7. The summed E-state index contributed by atoms with van der Waals surface area (Å²) in [6.07, 6.45) is -0.152. The number of benzene rings is 5. The van der Waals surface area contributed by atoms with Crippen LogP contribution in [-0.2, 0) is 4.52 Å². The minimum atomic E-state index is -3.51. The number of fused-ring (bicyclic) bond motifs is 1. The van der Waals surface area contributed by atoms with Crippen molar-refractivity contribution in [3.8, 4) is 0 Å². The van der Waals surface area contributed by atoms with Gasteiger partial charge in [-0.05, 0) is 0 Å². The zero-order chi connectivity index (χ0) is 22.2. The second-order valence-corrected chi connectivity index (χ2v) is 12.8. The summed E-state index contributed by atoms with van der Waals surface area (Å²) in [7, 11) is 0. The van der Waals surface area contributed by atoms with Crippen LogP contribution < -0.4 is 21.2 Å². The Hall–Kier alpha value is -3.51. The fourth-order valence-electron chi connectivity index (χ4n) is 5.47. The molecule has 33 heavy (non-hydrogen) atoms. The summed E-state index contributed by atoms with van der Waals surface area (Å²) in [5.74, 6) is 0. The van der Waals surface area contributed by atoms with Crippen LogP contribution in [0.1, 0.15) is 17.2 Å². The van der Waals surface area contributed by atoms with E-state index in [1.807, 2.05) is 0 Å². The molecule has 5 aromatic carbocycles. The molecule has 0 aromatic heterocycles. The average molecular weight is 445 g/mol. The molecule has 1 aliphatic rings. The van der Waals surface area contributed by atoms with Crippen molar-refractivity contribution < 1.29 is 4.52 Å². The van der Waals surface area contributed by atoms with Crippen molar-refractivity contribution in [1.82, 2.24) is 0 Å². The predicted octanol–water partition coefficient (Wildman–Crippen LogP) is 5.88. The Morgan fingerprint density at radius 2 is 0.818 bits per heavy atom. The van der Waals surface area contributed by atoms with E-state index in [1.165, 1.54) is 32.3 Å². The van der Waals surface area contributed by atoms with Crippen LogP contribution in [0.15, 0.2) is 146 Å². The van der Waals surface area contributed by atoms with Crippen molar-refractivity contribution >= 4 is 28.0 Å². The Kier molecular flexibility index (Phi) is 4.76. The van der Waals surface area contributed by atoms with Gasteiger partial charge >= 0.3 is 195 Å². The van der Waals surface area contributed by atoms with E-state index in [0.29, 0.717) is 0 Å². The molecule has 1 aliphatic heterocycles. The van der Waals surface area contributed by atoms with Gasteiger partial charge in [0.15, 0.2) is 0 Å². The molecule has 0 saturated carbocycles.